The molecular weight excluding hydrogens is 1040 g/mol. The summed E-state index contributed by atoms with van der Waals surface area (Å²) in [6, 6.07) is 0. The number of fused-ring (bicyclic) bond motifs is 5. The number of hydrogen-bond acceptors (Lipinski definition) is 18. The van der Waals surface area contributed by atoms with Gasteiger partial charge in [-0.2, -0.15) is 0 Å². The minimum atomic E-state index is -0.661. The van der Waals surface area contributed by atoms with Crippen molar-refractivity contribution in [1.82, 2.24) is 9.80 Å². The zero-order chi connectivity index (χ0) is 59.0. The highest BCUT2D eigenvalue weighted by molar-refractivity contribution is 5.77. The molecule has 5 unspecified atom stereocenters. The Bertz CT molecular complexity index is 1950. The molecule has 0 aromatic heterocycles. The summed E-state index contributed by atoms with van der Waals surface area (Å²) in [6.07, 6.45) is 19.4. The van der Waals surface area contributed by atoms with Crippen LogP contribution in [0.2, 0.25) is 0 Å². The molecule has 81 heavy (non-hydrogen) atoms. The summed E-state index contributed by atoms with van der Waals surface area (Å²) in [5, 5.41) is 0. The van der Waals surface area contributed by atoms with Gasteiger partial charge in [0.25, 0.3) is 0 Å². The van der Waals surface area contributed by atoms with Crippen molar-refractivity contribution < 1.29 is 76.2 Å². The first-order valence-electron chi connectivity index (χ1n) is 31.2. The van der Waals surface area contributed by atoms with Crippen LogP contribution in [0, 0.1) is 46.3 Å². The van der Waals surface area contributed by atoms with E-state index in [0.717, 1.165) is 61.7 Å². The highest BCUT2D eigenvalue weighted by atomic mass is 16.7. The van der Waals surface area contributed by atoms with Crippen molar-refractivity contribution in [1.29, 1.82) is 0 Å². The van der Waals surface area contributed by atoms with Gasteiger partial charge in [0.2, 0.25) is 0 Å². The lowest BCUT2D eigenvalue weighted by Crippen LogP contribution is -2.51. The molecule has 0 amide bonds. The van der Waals surface area contributed by atoms with Gasteiger partial charge in [0.05, 0.1) is 78.4 Å². The number of esters is 6. The molecule has 3 fully saturated rings. The molecular formula is C63H106N2O16. The molecule has 0 saturated heterocycles. The summed E-state index contributed by atoms with van der Waals surface area (Å²) in [5.41, 5.74) is 2.06. The molecule has 4 rings (SSSR count). The summed E-state index contributed by atoms with van der Waals surface area (Å²) >= 11 is 0. The van der Waals surface area contributed by atoms with E-state index in [1.807, 2.05) is 23.8 Å². The molecule has 3 saturated carbocycles. The second-order valence-corrected chi connectivity index (χ2v) is 24.5. The Balaban J connectivity index is 1.12. The Morgan fingerprint density at radius 2 is 1.09 bits per heavy atom. The Hall–Kier alpha value is -4.29. The Kier molecular flexibility index (Phi) is 32.3. The number of nitrogens with zero attached hydrogens (tertiary/aromatic N) is 2. The molecule has 0 N–H and O–H groups in total. The molecule has 0 aromatic rings. The minimum Gasteiger partial charge on any atom is -0.466 e. The van der Waals surface area contributed by atoms with Crippen LogP contribution in [-0.2, 0) is 71.4 Å². The van der Waals surface area contributed by atoms with Crippen LogP contribution in [0.3, 0.4) is 0 Å². The number of ether oxygens (including phenoxy) is 9. The van der Waals surface area contributed by atoms with Gasteiger partial charge in [-0.25, -0.2) is 4.79 Å². The van der Waals surface area contributed by atoms with Gasteiger partial charge in [-0.05, 0) is 143 Å². The molecule has 0 aromatic carbocycles. The molecule has 4 aliphatic carbocycles. The van der Waals surface area contributed by atoms with Crippen molar-refractivity contribution in [3.8, 4) is 0 Å². The number of unbranched alkanes of at least 4 members (excludes halogenated alkanes) is 2. The lowest BCUT2D eigenvalue weighted by atomic mass is 9.47. The summed E-state index contributed by atoms with van der Waals surface area (Å²) in [4.78, 5) is 90.0. The van der Waals surface area contributed by atoms with Gasteiger partial charge in [0, 0.05) is 52.7 Å². The summed E-state index contributed by atoms with van der Waals surface area (Å²) in [7, 11) is 3.36. The number of carbonyl (C=O) groups excluding carboxylic acids is 7. The highest BCUT2D eigenvalue weighted by Crippen LogP contribution is 2.67. The lowest BCUT2D eigenvalue weighted by molar-refractivity contribution is -0.151. The first-order chi connectivity index (χ1) is 38.9. The molecule has 0 bridgehead atoms. The fourth-order valence-corrected chi connectivity index (χ4v) is 13.3. The smallest absolute Gasteiger partial charge is 0.466 e. The van der Waals surface area contributed by atoms with E-state index in [1.54, 1.807) is 0 Å². The predicted molar refractivity (Wildman–Crippen MR) is 307 cm³/mol. The standard InChI is InChI=1S/C63H106N2O16/c1-9-17-55(66)74-38-10-11-40-76-59(70)29-36-65(37-30-60(71)77-41-13-12-39-75-58(69)28-35-64(7)33-15-42-78-56(67)24-25-57(68)79-45-44-73-8)34-16-43-80-61(72)81-50-26-31-62(5)49(46-50)20-21-51-53-23-22-52(48(4)19-14-18-47(2)3)63(53,6)32-27-54(51)62/h20,47-48,50-54H,9-19,21-46H2,1-8H3/t48-,50?,51?,52?,53?,54?,62-,63+/m0/s1. The quantitative estimate of drug-likeness (QED) is 0.0241. The second-order valence-electron chi connectivity index (χ2n) is 24.5. The third-order valence-electron chi connectivity index (χ3n) is 17.9. The van der Waals surface area contributed by atoms with E-state index in [1.165, 1.54) is 57.6 Å². The van der Waals surface area contributed by atoms with Gasteiger partial charge in [-0.1, -0.05) is 72.5 Å². The largest absolute Gasteiger partial charge is 0.508 e. The zero-order valence-electron chi connectivity index (χ0n) is 51.2. The molecule has 0 heterocycles. The van der Waals surface area contributed by atoms with Gasteiger partial charge in [0.15, 0.2) is 0 Å². The normalized spacial score (nSPS) is 23.3. The van der Waals surface area contributed by atoms with Crippen LogP contribution in [0.1, 0.15) is 196 Å². The maximum atomic E-state index is 13.1. The SMILES string of the molecule is CCCC(=O)OCCCCOC(=O)CCN(CCCOC(=O)OC1CC[C@@]2(C)C(=CCC3C4CCC([C@@H](C)CCCC(C)C)[C@@]4(C)CCC32)C1)CCC(=O)OCCCCOC(=O)CCN(C)CCCOC(=O)CCC(=O)OCCOC. The van der Waals surface area contributed by atoms with E-state index in [2.05, 4.69) is 40.7 Å². The third kappa shape index (κ3) is 25.2. The lowest BCUT2D eigenvalue weighted by Gasteiger charge is -2.58. The highest BCUT2D eigenvalue weighted by Gasteiger charge is 2.59. The van der Waals surface area contributed by atoms with Crippen molar-refractivity contribution >= 4 is 42.0 Å². The van der Waals surface area contributed by atoms with Gasteiger partial charge in [-0.3, -0.25) is 28.8 Å². The van der Waals surface area contributed by atoms with Crippen LogP contribution >= 0.6 is 0 Å². The van der Waals surface area contributed by atoms with Crippen LogP contribution in [0.4, 0.5) is 4.79 Å². The van der Waals surface area contributed by atoms with Gasteiger partial charge < -0.3 is 52.4 Å². The van der Waals surface area contributed by atoms with Gasteiger partial charge in [0.1, 0.15) is 12.7 Å². The molecule has 8 atom stereocenters. The molecule has 0 aliphatic heterocycles. The van der Waals surface area contributed by atoms with E-state index in [9.17, 15) is 33.6 Å². The number of carbonyl (C=O) groups is 7. The molecule has 464 valence electrons. The number of allylic oxidation sites excluding steroid dienone is 1. The Morgan fingerprint density at radius 3 is 1.67 bits per heavy atom. The van der Waals surface area contributed by atoms with Crippen molar-refractivity contribution in [3.05, 3.63) is 11.6 Å². The van der Waals surface area contributed by atoms with Crippen LogP contribution in [0.5, 0.6) is 0 Å². The zero-order valence-corrected chi connectivity index (χ0v) is 51.2. The number of hydrogen-bond donors (Lipinski definition) is 0. The topological polar surface area (TPSA) is 209 Å². The Morgan fingerprint density at radius 1 is 0.556 bits per heavy atom. The van der Waals surface area contributed by atoms with Crippen molar-refractivity contribution in [2.75, 3.05) is 99.7 Å². The Labute approximate surface area is 485 Å². The first kappa shape index (κ1) is 69.2. The monoisotopic (exact) mass is 1150 g/mol. The molecule has 0 spiro atoms. The van der Waals surface area contributed by atoms with E-state index < -0.39 is 24.1 Å². The average Bonchev–Trinajstić information content (AvgIpc) is 4.07. The van der Waals surface area contributed by atoms with Crippen LogP contribution in [0.15, 0.2) is 11.6 Å². The molecule has 18 heteroatoms. The van der Waals surface area contributed by atoms with Crippen LogP contribution < -0.4 is 0 Å². The van der Waals surface area contributed by atoms with Crippen molar-refractivity contribution in [3.63, 3.8) is 0 Å². The molecule has 4 aliphatic rings. The van der Waals surface area contributed by atoms with Crippen LogP contribution in [-0.4, -0.2) is 158 Å². The second kappa shape index (κ2) is 37.8. The van der Waals surface area contributed by atoms with E-state index >= 15 is 0 Å². The van der Waals surface area contributed by atoms with Crippen molar-refractivity contribution in [2.24, 2.45) is 46.3 Å². The van der Waals surface area contributed by atoms with Crippen molar-refractivity contribution in [2.45, 2.75) is 202 Å². The molecule has 0 radical (unpaired) electrons. The minimum absolute atomic E-state index is 0.0545. The summed E-state index contributed by atoms with van der Waals surface area (Å²) < 4.78 is 48.0. The third-order valence-corrected chi connectivity index (χ3v) is 17.9. The van der Waals surface area contributed by atoms with E-state index in [0.29, 0.717) is 95.6 Å². The summed E-state index contributed by atoms with van der Waals surface area (Å²) in [5.74, 6) is 2.32. The van der Waals surface area contributed by atoms with E-state index in [-0.39, 0.29) is 108 Å². The van der Waals surface area contributed by atoms with Crippen LogP contribution in [0.25, 0.3) is 0 Å². The first-order valence-corrected chi connectivity index (χ1v) is 31.2. The summed E-state index contributed by atoms with van der Waals surface area (Å²) in [6.45, 7) is 18.0. The predicted octanol–water partition coefficient (Wildman–Crippen LogP) is 10.8. The average molecular weight is 1150 g/mol. The maximum Gasteiger partial charge on any atom is 0.508 e. The van der Waals surface area contributed by atoms with Gasteiger partial charge in [-0.15, -0.1) is 0 Å². The molecule has 18 nitrogen and oxygen atoms in total. The maximum absolute atomic E-state index is 13.1. The fraction of sp³-hybridized carbons (Fsp3) is 0.857. The fourth-order valence-electron chi connectivity index (χ4n) is 13.3. The van der Waals surface area contributed by atoms with Gasteiger partial charge >= 0.3 is 42.0 Å². The van der Waals surface area contributed by atoms with E-state index in [4.69, 9.17) is 42.6 Å². The number of rotatable bonds is 41. The number of methoxy groups -OCH3 is 1.